The van der Waals surface area contributed by atoms with Crippen molar-refractivity contribution in [3.63, 3.8) is 0 Å². The number of anilines is 1. The highest BCUT2D eigenvalue weighted by atomic mass is 16.6. The van der Waals surface area contributed by atoms with Crippen LogP contribution in [0.4, 0.5) is 11.4 Å². The molecule has 9 heteroatoms. The molecule has 1 amide bonds. The quantitative estimate of drug-likeness (QED) is 0.457. The first-order valence-corrected chi connectivity index (χ1v) is 7.74. The lowest BCUT2D eigenvalue weighted by atomic mass is 10.1. The highest BCUT2D eigenvalue weighted by Crippen LogP contribution is 2.25. The number of esters is 1. The Morgan fingerprint density at radius 3 is 2.62 bits per heavy atom. The molecule has 0 fully saturated rings. The Labute approximate surface area is 149 Å². The molecular weight excluding hydrogens is 342 g/mol. The molecule has 0 aliphatic carbocycles. The average molecular weight is 361 g/mol. The second-order valence-electron chi connectivity index (χ2n) is 5.58. The van der Waals surface area contributed by atoms with Crippen molar-refractivity contribution in [1.82, 2.24) is 4.90 Å². The Kier molecular flexibility index (Phi) is 5.94. The van der Waals surface area contributed by atoms with Crippen LogP contribution < -0.4 is 5.32 Å². The predicted molar refractivity (Wildman–Crippen MR) is 92.8 cm³/mol. The molecule has 2 aromatic rings. The number of nitro benzene ring substituents is 1. The molecule has 26 heavy (non-hydrogen) atoms. The summed E-state index contributed by atoms with van der Waals surface area (Å²) in [6, 6.07) is 7.44. The normalized spacial score (nSPS) is 10.3. The lowest BCUT2D eigenvalue weighted by Crippen LogP contribution is -2.30. The van der Waals surface area contributed by atoms with Crippen molar-refractivity contribution in [2.24, 2.45) is 0 Å². The summed E-state index contributed by atoms with van der Waals surface area (Å²) in [5.74, 6) is 0.113. The van der Waals surface area contributed by atoms with Crippen LogP contribution in [0.3, 0.4) is 0 Å². The number of furan rings is 1. The van der Waals surface area contributed by atoms with Crippen molar-refractivity contribution in [2.45, 2.75) is 13.5 Å². The third kappa shape index (κ3) is 4.59. The number of carbonyl (C=O) groups is 2. The van der Waals surface area contributed by atoms with E-state index in [0.29, 0.717) is 5.76 Å². The van der Waals surface area contributed by atoms with E-state index in [4.69, 9.17) is 9.15 Å². The molecule has 1 N–H and O–H groups in total. The van der Waals surface area contributed by atoms with Crippen molar-refractivity contribution in [1.29, 1.82) is 0 Å². The number of hydrogen-bond acceptors (Lipinski definition) is 7. The summed E-state index contributed by atoms with van der Waals surface area (Å²) in [7, 11) is 3.09. The number of nitrogens with one attached hydrogen (secondary N) is 1. The van der Waals surface area contributed by atoms with Gasteiger partial charge in [0, 0.05) is 20.2 Å². The third-order valence-corrected chi connectivity index (χ3v) is 3.64. The molecule has 0 saturated carbocycles. The number of hydrogen-bond donors (Lipinski definition) is 1. The Hall–Kier alpha value is -3.36. The minimum absolute atomic E-state index is 0.00666. The first-order chi connectivity index (χ1) is 12.3. The van der Waals surface area contributed by atoms with Crippen molar-refractivity contribution in [3.8, 4) is 0 Å². The lowest BCUT2D eigenvalue weighted by Gasteiger charge is -2.15. The van der Waals surface area contributed by atoms with Crippen LogP contribution in [-0.2, 0) is 16.1 Å². The summed E-state index contributed by atoms with van der Waals surface area (Å²) in [5, 5.41) is 13.7. The van der Waals surface area contributed by atoms with Crippen LogP contribution in [0.1, 0.15) is 21.9 Å². The maximum atomic E-state index is 12.1. The molecular formula is C17H19N3O6. The van der Waals surface area contributed by atoms with E-state index in [1.807, 2.05) is 0 Å². The van der Waals surface area contributed by atoms with Gasteiger partial charge in [0.2, 0.25) is 0 Å². The van der Waals surface area contributed by atoms with Crippen LogP contribution in [0.2, 0.25) is 0 Å². The molecule has 2 rings (SSSR count). The molecule has 1 aromatic carbocycles. The molecule has 0 saturated heterocycles. The standard InChI is InChI=1S/C17H19N3O6/c1-11-4-6-13(26-11)9-19(3)16(21)10-25-17(22)12-5-7-14(18-2)15(8-12)20(23)24/h4-8,18H,9-10H2,1-3H3. The number of carbonyl (C=O) groups excluding carboxylic acids is 2. The van der Waals surface area contributed by atoms with Crippen LogP contribution in [0.15, 0.2) is 34.7 Å². The van der Waals surface area contributed by atoms with Gasteiger partial charge >= 0.3 is 5.97 Å². The summed E-state index contributed by atoms with van der Waals surface area (Å²) in [6.07, 6.45) is 0. The van der Waals surface area contributed by atoms with Gasteiger partial charge in [-0.05, 0) is 31.2 Å². The average Bonchev–Trinajstić information content (AvgIpc) is 3.03. The number of benzene rings is 1. The predicted octanol–water partition coefficient (Wildman–Crippen LogP) is 2.35. The third-order valence-electron chi connectivity index (χ3n) is 3.64. The van der Waals surface area contributed by atoms with Crippen LogP contribution >= 0.6 is 0 Å². The van der Waals surface area contributed by atoms with Crippen molar-refractivity contribution in [2.75, 3.05) is 26.0 Å². The molecule has 138 valence electrons. The Morgan fingerprint density at radius 1 is 1.31 bits per heavy atom. The first-order valence-electron chi connectivity index (χ1n) is 7.74. The van der Waals surface area contributed by atoms with Gasteiger partial charge in [0.25, 0.3) is 11.6 Å². The van der Waals surface area contributed by atoms with Gasteiger partial charge in [-0.25, -0.2) is 4.79 Å². The van der Waals surface area contributed by atoms with E-state index in [-0.39, 0.29) is 23.5 Å². The molecule has 0 aliphatic rings. The highest BCUT2D eigenvalue weighted by Gasteiger charge is 2.19. The van der Waals surface area contributed by atoms with Crippen LogP contribution in [0.5, 0.6) is 0 Å². The molecule has 0 unspecified atom stereocenters. The van der Waals surface area contributed by atoms with Gasteiger partial charge in [0.05, 0.1) is 17.0 Å². The van der Waals surface area contributed by atoms with Gasteiger partial charge in [-0.2, -0.15) is 0 Å². The highest BCUT2D eigenvalue weighted by molar-refractivity contribution is 5.93. The summed E-state index contributed by atoms with van der Waals surface area (Å²) in [6.45, 7) is 1.56. The van der Waals surface area contributed by atoms with E-state index in [0.717, 1.165) is 11.8 Å². The summed E-state index contributed by atoms with van der Waals surface area (Å²) >= 11 is 0. The van der Waals surface area contributed by atoms with Crippen molar-refractivity contribution in [3.05, 3.63) is 57.5 Å². The fraction of sp³-hybridized carbons (Fsp3) is 0.294. The van der Waals surface area contributed by atoms with Crippen molar-refractivity contribution < 1.29 is 23.7 Å². The van der Waals surface area contributed by atoms with Gasteiger partial charge in [-0.15, -0.1) is 0 Å². The minimum atomic E-state index is -0.814. The molecule has 0 radical (unpaired) electrons. The fourth-order valence-corrected chi connectivity index (χ4v) is 2.23. The van der Waals surface area contributed by atoms with E-state index in [2.05, 4.69) is 5.32 Å². The lowest BCUT2D eigenvalue weighted by molar-refractivity contribution is -0.384. The van der Waals surface area contributed by atoms with Gasteiger partial charge in [0.1, 0.15) is 17.2 Å². The number of rotatable bonds is 7. The molecule has 0 aliphatic heterocycles. The van der Waals surface area contributed by atoms with Gasteiger partial charge in [0.15, 0.2) is 6.61 Å². The second kappa shape index (κ2) is 8.15. The smallest absolute Gasteiger partial charge is 0.338 e. The van der Waals surface area contributed by atoms with Gasteiger partial charge in [-0.1, -0.05) is 0 Å². The van der Waals surface area contributed by atoms with E-state index < -0.39 is 23.4 Å². The number of likely N-dealkylation sites (N-methyl/N-ethyl adjacent to an activating group) is 1. The van der Waals surface area contributed by atoms with Crippen molar-refractivity contribution >= 4 is 23.3 Å². The van der Waals surface area contributed by atoms with E-state index in [9.17, 15) is 19.7 Å². The molecule has 0 atom stereocenters. The first kappa shape index (κ1) is 19.0. The maximum Gasteiger partial charge on any atom is 0.338 e. The van der Waals surface area contributed by atoms with Crippen LogP contribution in [0, 0.1) is 17.0 Å². The largest absolute Gasteiger partial charge is 0.464 e. The zero-order chi connectivity index (χ0) is 19.3. The summed E-state index contributed by atoms with van der Waals surface area (Å²) < 4.78 is 10.3. The number of nitro groups is 1. The second-order valence-corrected chi connectivity index (χ2v) is 5.58. The zero-order valence-corrected chi connectivity index (χ0v) is 14.6. The van der Waals surface area contributed by atoms with Crippen LogP contribution in [0.25, 0.3) is 0 Å². The topological polar surface area (TPSA) is 115 Å². The Balaban J connectivity index is 1.96. The zero-order valence-electron chi connectivity index (χ0n) is 14.6. The number of aryl methyl sites for hydroxylation is 1. The maximum absolute atomic E-state index is 12.1. The van der Waals surface area contributed by atoms with Gasteiger partial charge < -0.3 is 19.4 Å². The number of ether oxygens (including phenoxy) is 1. The molecule has 0 bridgehead atoms. The molecule has 9 nitrogen and oxygen atoms in total. The number of amides is 1. The fourth-order valence-electron chi connectivity index (χ4n) is 2.23. The van der Waals surface area contributed by atoms with Gasteiger partial charge in [-0.3, -0.25) is 14.9 Å². The van der Waals surface area contributed by atoms with Crippen LogP contribution in [-0.4, -0.2) is 42.4 Å². The Bertz CT molecular complexity index is 830. The van der Waals surface area contributed by atoms with E-state index >= 15 is 0 Å². The number of nitrogens with zero attached hydrogens (tertiary/aromatic N) is 2. The van der Waals surface area contributed by atoms with E-state index in [1.165, 1.54) is 24.1 Å². The molecule has 0 spiro atoms. The summed E-state index contributed by atoms with van der Waals surface area (Å²) in [5.41, 5.74) is 0.0162. The Morgan fingerprint density at radius 2 is 2.04 bits per heavy atom. The molecule has 1 heterocycles. The summed E-state index contributed by atoms with van der Waals surface area (Å²) in [4.78, 5) is 35.9. The SMILES string of the molecule is CNc1ccc(C(=O)OCC(=O)N(C)Cc2ccc(C)o2)cc1[N+](=O)[O-]. The minimum Gasteiger partial charge on any atom is -0.464 e. The van der Waals surface area contributed by atoms with E-state index in [1.54, 1.807) is 26.1 Å². The molecule has 1 aromatic heterocycles. The monoisotopic (exact) mass is 361 g/mol.